The number of amides is 3. The Balaban J connectivity index is 1.40. The molecule has 1 atom stereocenters. The number of rotatable bonds is 7. The van der Waals surface area contributed by atoms with Crippen LogP contribution < -0.4 is 10.6 Å². The van der Waals surface area contributed by atoms with Gasteiger partial charge in [-0.15, -0.1) is 0 Å². The minimum atomic E-state index is -0.345. The van der Waals surface area contributed by atoms with Gasteiger partial charge in [0.1, 0.15) is 6.10 Å². The highest BCUT2D eigenvalue weighted by Gasteiger charge is 2.30. The third kappa shape index (κ3) is 5.65. The number of hydrogen-bond donors (Lipinski definition) is 2. The van der Waals surface area contributed by atoms with Gasteiger partial charge in [-0.2, -0.15) is 0 Å². The molecule has 2 aliphatic rings. The fourth-order valence-electron chi connectivity index (χ4n) is 3.66. The number of benzene rings is 1. The molecule has 0 radical (unpaired) electrons. The Morgan fingerprint density at radius 2 is 1.79 bits per heavy atom. The quantitative estimate of drug-likeness (QED) is 0.550. The van der Waals surface area contributed by atoms with Crippen LogP contribution in [0.2, 0.25) is 0 Å². The van der Waals surface area contributed by atoms with Crippen molar-refractivity contribution in [2.45, 2.75) is 57.5 Å². The lowest BCUT2D eigenvalue weighted by molar-refractivity contribution is -0.150. The number of esters is 1. The van der Waals surface area contributed by atoms with Crippen molar-refractivity contribution in [1.82, 2.24) is 10.6 Å². The molecule has 7 nitrogen and oxygen atoms in total. The van der Waals surface area contributed by atoms with Crippen molar-refractivity contribution in [3.8, 4) is 0 Å². The van der Waals surface area contributed by atoms with E-state index < -0.39 is 0 Å². The van der Waals surface area contributed by atoms with E-state index >= 15 is 0 Å². The molecular formula is C21H26N2O5. The van der Waals surface area contributed by atoms with Crippen LogP contribution in [0.4, 0.5) is 0 Å². The molecule has 3 rings (SSSR count). The van der Waals surface area contributed by atoms with Gasteiger partial charge in [0.05, 0.1) is 12.3 Å². The van der Waals surface area contributed by atoms with Gasteiger partial charge in [-0.1, -0.05) is 18.6 Å². The lowest BCUT2D eigenvalue weighted by atomic mass is 9.97. The number of carbonyl (C=O) groups excluding carboxylic acids is 4. The summed E-state index contributed by atoms with van der Waals surface area (Å²) in [5.41, 5.74) is 1.37. The van der Waals surface area contributed by atoms with Gasteiger partial charge in [0.2, 0.25) is 11.8 Å². The number of ether oxygens (including phenoxy) is 1. The molecule has 1 saturated heterocycles. The van der Waals surface area contributed by atoms with Crippen LogP contribution in [-0.4, -0.2) is 36.3 Å². The molecule has 150 valence electrons. The Morgan fingerprint density at radius 3 is 2.43 bits per heavy atom. The molecule has 1 aromatic carbocycles. The van der Waals surface area contributed by atoms with Crippen molar-refractivity contribution in [3.05, 3.63) is 35.4 Å². The van der Waals surface area contributed by atoms with E-state index in [9.17, 15) is 19.2 Å². The second kappa shape index (κ2) is 9.48. The molecule has 1 saturated carbocycles. The van der Waals surface area contributed by atoms with Gasteiger partial charge in [0.15, 0.2) is 0 Å². The summed E-state index contributed by atoms with van der Waals surface area (Å²) in [6.07, 6.45) is 6.13. The summed E-state index contributed by atoms with van der Waals surface area (Å²) in [5.74, 6) is -1.36. The highest BCUT2D eigenvalue weighted by molar-refractivity contribution is 6.03. The molecule has 1 aromatic rings. The molecule has 2 N–H and O–H groups in total. The average Bonchev–Trinajstić information content (AvgIpc) is 3.00. The lowest BCUT2D eigenvalue weighted by Crippen LogP contribution is -2.28. The molecule has 1 heterocycles. The van der Waals surface area contributed by atoms with Crippen LogP contribution in [0.25, 0.3) is 0 Å². The van der Waals surface area contributed by atoms with Gasteiger partial charge in [-0.3, -0.25) is 24.5 Å². The van der Waals surface area contributed by atoms with E-state index in [2.05, 4.69) is 10.6 Å². The third-order valence-electron chi connectivity index (χ3n) is 5.23. The highest BCUT2D eigenvalue weighted by atomic mass is 16.5. The minimum Gasteiger partial charge on any atom is -0.462 e. The first-order valence-electron chi connectivity index (χ1n) is 9.91. The Hall–Kier alpha value is -2.70. The number of hydrogen-bond acceptors (Lipinski definition) is 5. The van der Waals surface area contributed by atoms with Gasteiger partial charge in [0.25, 0.3) is 5.91 Å². The van der Waals surface area contributed by atoms with E-state index in [4.69, 9.17) is 4.74 Å². The second-order valence-corrected chi connectivity index (χ2v) is 7.47. The fraction of sp³-hybridized carbons (Fsp3) is 0.524. The molecule has 0 spiro atoms. The van der Waals surface area contributed by atoms with Crippen LogP contribution >= 0.6 is 0 Å². The van der Waals surface area contributed by atoms with E-state index in [1.807, 2.05) is 0 Å². The predicted molar refractivity (Wildman–Crippen MR) is 101 cm³/mol. The molecule has 0 bridgehead atoms. The Kier molecular flexibility index (Phi) is 6.79. The predicted octanol–water partition coefficient (Wildman–Crippen LogP) is 1.89. The first-order chi connectivity index (χ1) is 13.5. The second-order valence-electron chi connectivity index (χ2n) is 7.47. The zero-order valence-corrected chi connectivity index (χ0v) is 15.9. The van der Waals surface area contributed by atoms with E-state index in [1.54, 1.807) is 24.3 Å². The summed E-state index contributed by atoms with van der Waals surface area (Å²) >= 11 is 0. The standard InChI is InChI=1S/C21H26N2O5/c24-18-13-16(21(27)23-18)12-14-6-8-15(9-7-14)20(26)22-11-10-19(25)28-17-4-2-1-3-5-17/h6-9,16-17H,1-5,10-13H2,(H,22,26)(H,23,24,27)/t16-/m0/s1. The van der Waals surface area contributed by atoms with E-state index in [1.165, 1.54) is 6.42 Å². The summed E-state index contributed by atoms with van der Waals surface area (Å²) in [6.45, 7) is 0.233. The van der Waals surface area contributed by atoms with E-state index in [0.29, 0.717) is 12.0 Å². The van der Waals surface area contributed by atoms with Crippen LogP contribution in [-0.2, 0) is 25.5 Å². The molecule has 2 fully saturated rings. The molecular weight excluding hydrogens is 360 g/mol. The number of carbonyl (C=O) groups is 4. The summed E-state index contributed by atoms with van der Waals surface area (Å²) in [7, 11) is 0. The minimum absolute atomic E-state index is 0.0294. The normalized spacial score (nSPS) is 19.9. The van der Waals surface area contributed by atoms with Crippen molar-refractivity contribution < 1.29 is 23.9 Å². The maximum Gasteiger partial charge on any atom is 0.307 e. The Morgan fingerprint density at radius 1 is 1.07 bits per heavy atom. The summed E-state index contributed by atoms with van der Waals surface area (Å²) in [6, 6.07) is 6.92. The van der Waals surface area contributed by atoms with Gasteiger partial charge < -0.3 is 10.1 Å². The number of imide groups is 1. The third-order valence-corrected chi connectivity index (χ3v) is 5.23. The fourth-order valence-corrected chi connectivity index (χ4v) is 3.66. The van der Waals surface area contributed by atoms with Gasteiger partial charge in [-0.05, 0) is 49.8 Å². The summed E-state index contributed by atoms with van der Waals surface area (Å²) < 4.78 is 5.43. The first-order valence-corrected chi connectivity index (χ1v) is 9.91. The van der Waals surface area contributed by atoms with Crippen LogP contribution in [0.3, 0.4) is 0 Å². The van der Waals surface area contributed by atoms with Crippen LogP contribution in [0.1, 0.15) is 60.9 Å². The van der Waals surface area contributed by atoms with Gasteiger partial charge in [0, 0.05) is 18.5 Å². The maximum absolute atomic E-state index is 12.2. The smallest absolute Gasteiger partial charge is 0.307 e. The van der Waals surface area contributed by atoms with Gasteiger partial charge in [-0.25, -0.2) is 0 Å². The molecule has 1 aliphatic carbocycles. The van der Waals surface area contributed by atoms with Crippen molar-refractivity contribution in [2.24, 2.45) is 5.92 Å². The molecule has 1 aliphatic heterocycles. The zero-order valence-electron chi connectivity index (χ0n) is 15.9. The lowest BCUT2D eigenvalue weighted by Gasteiger charge is -2.21. The molecule has 0 aromatic heterocycles. The summed E-state index contributed by atoms with van der Waals surface area (Å²) in [5, 5.41) is 5.02. The van der Waals surface area contributed by atoms with E-state index in [-0.39, 0.29) is 55.1 Å². The summed E-state index contributed by atoms with van der Waals surface area (Å²) in [4.78, 5) is 46.9. The Bertz CT molecular complexity index is 738. The van der Waals surface area contributed by atoms with Crippen molar-refractivity contribution >= 4 is 23.7 Å². The Labute approximate surface area is 164 Å². The maximum atomic E-state index is 12.2. The highest BCUT2D eigenvalue weighted by Crippen LogP contribution is 2.20. The topological polar surface area (TPSA) is 102 Å². The van der Waals surface area contributed by atoms with Crippen LogP contribution in [0.15, 0.2) is 24.3 Å². The van der Waals surface area contributed by atoms with Crippen molar-refractivity contribution in [2.75, 3.05) is 6.54 Å². The van der Waals surface area contributed by atoms with Gasteiger partial charge >= 0.3 is 5.97 Å². The first kappa shape index (κ1) is 20.0. The van der Waals surface area contributed by atoms with Crippen molar-refractivity contribution in [1.29, 1.82) is 0 Å². The monoisotopic (exact) mass is 386 g/mol. The van der Waals surface area contributed by atoms with Crippen LogP contribution in [0, 0.1) is 5.92 Å². The zero-order chi connectivity index (χ0) is 19.9. The average molecular weight is 386 g/mol. The largest absolute Gasteiger partial charge is 0.462 e. The van der Waals surface area contributed by atoms with Crippen molar-refractivity contribution in [3.63, 3.8) is 0 Å². The SMILES string of the molecule is O=C1C[C@H](Cc2ccc(C(=O)NCCC(=O)OC3CCCCC3)cc2)C(=O)N1. The molecule has 7 heteroatoms. The van der Waals surface area contributed by atoms with Crippen LogP contribution in [0.5, 0.6) is 0 Å². The molecule has 28 heavy (non-hydrogen) atoms. The molecule has 3 amide bonds. The van der Waals surface area contributed by atoms with E-state index in [0.717, 1.165) is 31.2 Å². The molecule has 0 unspecified atom stereocenters. The number of nitrogens with one attached hydrogen (secondary N) is 2.